The zero-order valence-electron chi connectivity index (χ0n) is 13.0. The molecule has 0 aliphatic heterocycles. The van der Waals surface area contributed by atoms with Gasteiger partial charge in [0.1, 0.15) is 11.6 Å². The normalized spacial score (nSPS) is 13.6. The number of esters is 1. The number of carbonyl (C=O) groups is 3. The summed E-state index contributed by atoms with van der Waals surface area (Å²) in [4.78, 5) is 34.4. The maximum Gasteiger partial charge on any atom is 0.306 e. The smallest absolute Gasteiger partial charge is 0.306 e. The Bertz CT molecular complexity index is 369. The predicted octanol–water partition coefficient (Wildman–Crippen LogP) is 0.238. The second-order valence-electron chi connectivity index (χ2n) is 5.60. The van der Waals surface area contributed by atoms with E-state index in [0.717, 1.165) is 0 Å². The molecule has 7 nitrogen and oxygen atoms in total. The summed E-state index contributed by atoms with van der Waals surface area (Å²) in [5, 5.41) is 2.44. The van der Waals surface area contributed by atoms with Crippen LogP contribution in [0.5, 0.6) is 0 Å². The molecule has 0 radical (unpaired) electrons. The van der Waals surface area contributed by atoms with Crippen LogP contribution in [0, 0.1) is 0 Å². The minimum Gasteiger partial charge on any atom is -0.460 e. The average Bonchev–Trinajstić information content (AvgIpc) is 2.30. The molecule has 0 rings (SSSR count). The van der Waals surface area contributed by atoms with Gasteiger partial charge in [-0.25, -0.2) is 0 Å². The number of ether oxygens (including phenoxy) is 1. The summed E-state index contributed by atoms with van der Waals surface area (Å²) in [6, 6.07) is -1.62. The zero-order chi connectivity index (χ0) is 15.9. The molecule has 1 unspecified atom stereocenters. The molecule has 0 bridgehead atoms. The fraction of sp³-hybridized carbons (Fsp3) is 0.769. The lowest BCUT2D eigenvalue weighted by Gasteiger charge is -2.21. The molecule has 0 aromatic rings. The van der Waals surface area contributed by atoms with Gasteiger partial charge in [-0.2, -0.15) is 0 Å². The number of hydrogen-bond donors (Lipinski definition) is 3. The van der Waals surface area contributed by atoms with E-state index in [2.05, 4.69) is 5.32 Å². The summed E-state index contributed by atoms with van der Waals surface area (Å²) in [7, 11) is 0. The molecular formula is C13H26ClN3O4. The lowest BCUT2D eigenvalue weighted by molar-refractivity contribution is -0.155. The van der Waals surface area contributed by atoms with Crippen molar-refractivity contribution in [3.05, 3.63) is 0 Å². The van der Waals surface area contributed by atoms with E-state index >= 15 is 0 Å². The van der Waals surface area contributed by atoms with Crippen LogP contribution < -0.4 is 16.8 Å². The van der Waals surface area contributed by atoms with Crippen LogP contribution in [0.25, 0.3) is 0 Å². The number of amides is 2. The van der Waals surface area contributed by atoms with E-state index in [0.29, 0.717) is 6.42 Å². The highest BCUT2D eigenvalue weighted by atomic mass is 35.5. The van der Waals surface area contributed by atoms with Gasteiger partial charge in [0.05, 0.1) is 6.04 Å². The van der Waals surface area contributed by atoms with Crippen LogP contribution in [0.2, 0.25) is 0 Å². The van der Waals surface area contributed by atoms with E-state index in [1.54, 1.807) is 27.7 Å². The SMILES string of the molecule is CCC(N)C(=O)N[C@H](CCC(=O)OC(C)(C)C)C(N)=O.Cl. The van der Waals surface area contributed by atoms with E-state index in [-0.39, 0.29) is 25.2 Å². The summed E-state index contributed by atoms with van der Waals surface area (Å²) in [6.45, 7) is 7.00. The average molecular weight is 324 g/mol. The number of halogens is 1. The summed E-state index contributed by atoms with van der Waals surface area (Å²) >= 11 is 0. The quantitative estimate of drug-likeness (QED) is 0.579. The molecule has 5 N–H and O–H groups in total. The number of primary amides is 1. The molecule has 0 fully saturated rings. The molecule has 0 aromatic carbocycles. The van der Waals surface area contributed by atoms with E-state index < -0.39 is 35.5 Å². The van der Waals surface area contributed by atoms with Crippen LogP contribution in [0.4, 0.5) is 0 Å². The first-order valence-corrected chi connectivity index (χ1v) is 6.64. The van der Waals surface area contributed by atoms with Gasteiger partial charge in [0, 0.05) is 6.42 Å². The highest BCUT2D eigenvalue weighted by Gasteiger charge is 2.23. The van der Waals surface area contributed by atoms with Crippen molar-refractivity contribution in [1.29, 1.82) is 0 Å². The van der Waals surface area contributed by atoms with Gasteiger partial charge in [0.25, 0.3) is 0 Å². The fourth-order valence-electron chi connectivity index (χ4n) is 1.40. The standard InChI is InChI=1S/C13H25N3O4.ClH/c1-5-8(14)12(19)16-9(11(15)18)6-7-10(17)20-13(2,3)4;/h8-9H,5-7,14H2,1-4H3,(H2,15,18)(H,16,19);1H/t8?,9-;/m1./s1. The van der Waals surface area contributed by atoms with Gasteiger partial charge >= 0.3 is 5.97 Å². The second-order valence-corrected chi connectivity index (χ2v) is 5.60. The Balaban J connectivity index is 0. The summed E-state index contributed by atoms with van der Waals surface area (Å²) in [6.07, 6.45) is 0.530. The Morgan fingerprint density at radius 1 is 1.24 bits per heavy atom. The molecule has 124 valence electrons. The Morgan fingerprint density at radius 2 is 1.76 bits per heavy atom. The van der Waals surface area contributed by atoms with E-state index in [1.807, 2.05) is 0 Å². The van der Waals surface area contributed by atoms with Crippen molar-refractivity contribution in [3.63, 3.8) is 0 Å². The number of rotatable bonds is 7. The van der Waals surface area contributed by atoms with Crippen molar-refractivity contribution in [1.82, 2.24) is 5.32 Å². The maximum atomic E-state index is 11.6. The molecule has 21 heavy (non-hydrogen) atoms. The largest absolute Gasteiger partial charge is 0.460 e. The van der Waals surface area contributed by atoms with Gasteiger partial charge in [-0.1, -0.05) is 6.92 Å². The van der Waals surface area contributed by atoms with E-state index in [1.165, 1.54) is 0 Å². The Morgan fingerprint density at radius 3 is 2.14 bits per heavy atom. The Kier molecular flexibility index (Phi) is 10.0. The van der Waals surface area contributed by atoms with Crippen LogP contribution in [0.1, 0.15) is 47.0 Å². The molecule has 0 saturated heterocycles. The van der Waals surface area contributed by atoms with Gasteiger partial charge in [0.15, 0.2) is 0 Å². The summed E-state index contributed by atoms with van der Waals surface area (Å²) in [5.74, 6) is -1.61. The van der Waals surface area contributed by atoms with Crippen LogP contribution in [0.3, 0.4) is 0 Å². The van der Waals surface area contributed by atoms with Crippen LogP contribution in [-0.2, 0) is 19.1 Å². The minimum atomic E-state index is -0.924. The van der Waals surface area contributed by atoms with Crippen LogP contribution >= 0.6 is 12.4 Å². The molecule has 0 aromatic heterocycles. The predicted molar refractivity (Wildman–Crippen MR) is 81.7 cm³/mol. The molecule has 2 amide bonds. The van der Waals surface area contributed by atoms with Crippen molar-refractivity contribution in [3.8, 4) is 0 Å². The minimum absolute atomic E-state index is 0. The molecular weight excluding hydrogens is 298 g/mol. The third-order valence-corrected chi connectivity index (χ3v) is 2.49. The molecule has 0 saturated carbocycles. The molecule has 8 heteroatoms. The third-order valence-electron chi connectivity index (χ3n) is 2.49. The maximum absolute atomic E-state index is 11.6. The molecule has 0 aliphatic carbocycles. The van der Waals surface area contributed by atoms with Gasteiger partial charge in [0.2, 0.25) is 11.8 Å². The van der Waals surface area contributed by atoms with Crippen molar-refractivity contribution in [2.24, 2.45) is 11.5 Å². The first kappa shape index (κ1) is 21.9. The lowest BCUT2D eigenvalue weighted by atomic mass is 10.1. The Hall–Kier alpha value is -1.34. The number of hydrogen-bond acceptors (Lipinski definition) is 5. The molecule has 0 spiro atoms. The van der Waals surface area contributed by atoms with Crippen molar-refractivity contribution < 1.29 is 19.1 Å². The van der Waals surface area contributed by atoms with Crippen LogP contribution in [-0.4, -0.2) is 35.5 Å². The highest BCUT2D eigenvalue weighted by Crippen LogP contribution is 2.10. The number of nitrogens with one attached hydrogen (secondary N) is 1. The molecule has 0 aliphatic rings. The topological polar surface area (TPSA) is 125 Å². The van der Waals surface area contributed by atoms with Gasteiger partial charge in [-0.05, 0) is 33.6 Å². The summed E-state index contributed by atoms with van der Waals surface area (Å²) < 4.78 is 5.11. The monoisotopic (exact) mass is 323 g/mol. The third kappa shape index (κ3) is 10.1. The number of carbonyl (C=O) groups excluding carboxylic acids is 3. The van der Waals surface area contributed by atoms with Crippen molar-refractivity contribution in [2.45, 2.75) is 64.6 Å². The van der Waals surface area contributed by atoms with E-state index in [4.69, 9.17) is 16.2 Å². The second kappa shape index (κ2) is 9.57. The number of nitrogens with two attached hydrogens (primary N) is 2. The van der Waals surface area contributed by atoms with Gasteiger partial charge in [-0.3, -0.25) is 14.4 Å². The van der Waals surface area contributed by atoms with E-state index in [9.17, 15) is 14.4 Å². The fourth-order valence-corrected chi connectivity index (χ4v) is 1.40. The van der Waals surface area contributed by atoms with Gasteiger partial charge < -0.3 is 21.5 Å². The zero-order valence-corrected chi connectivity index (χ0v) is 13.8. The lowest BCUT2D eigenvalue weighted by Crippen LogP contribution is -2.50. The Labute approximate surface area is 131 Å². The van der Waals surface area contributed by atoms with Crippen molar-refractivity contribution in [2.75, 3.05) is 0 Å². The first-order chi connectivity index (χ1) is 9.06. The highest BCUT2D eigenvalue weighted by molar-refractivity contribution is 5.89. The molecule has 0 heterocycles. The molecule has 2 atom stereocenters. The van der Waals surface area contributed by atoms with Gasteiger partial charge in [-0.15, -0.1) is 12.4 Å². The summed E-state index contributed by atoms with van der Waals surface area (Å²) in [5.41, 5.74) is 10.2. The van der Waals surface area contributed by atoms with Crippen molar-refractivity contribution >= 4 is 30.2 Å². The first-order valence-electron chi connectivity index (χ1n) is 6.64. The van der Waals surface area contributed by atoms with Crippen LogP contribution in [0.15, 0.2) is 0 Å².